The van der Waals surface area contributed by atoms with E-state index in [0.29, 0.717) is 24.9 Å². The number of hydrogen-bond acceptors (Lipinski definition) is 3. The molecule has 0 heterocycles. The first-order valence-corrected chi connectivity index (χ1v) is 7.06. The minimum absolute atomic E-state index is 0.166. The molecule has 0 amide bonds. The molecule has 0 aliphatic rings. The van der Waals surface area contributed by atoms with Gasteiger partial charge in [0.25, 0.3) is 0 Å². The first kappa shape index (κ1) is 15.6. The third-order valence-electron chi connectivity index (χ3n) is 3.75. The van der Waals surface area contributed by atoms with Crippen molar-refractivity contribution in [1.82, 2.24) is 0 Å². The Hall–Kier alpha value is -1.75. The second-order valence-electron chi connectivity index (χ2n) is 5.27. The summed E-state index contributed by atoms with van der Waals surface area (Å²) in [5, 5.41) is 11.2. The zero-order valence-electron chi connectivity index (χ0n) is 11.9. The molecular weight excluding hydrogens is 267 g/mol. The molecule has 0 aliphatic carbocycles. The fourth-order valence-corrected chi connectivity index (χ4v) is 2.41. The fraction of sp³-hybridized carbons (Fsp3) is 0.294. The van der Waals surface area contributed by atoms with Gasteiger partial charge < -0.3 is 16.6 Å². The van der Waals surface area contributed by atoms with Gasteiger partial charge in [-0.1, -0.05) is 42.5 Å². The van der Waals surface area contributed by atoms with Crippen molar-refractivity contribution in [3.8, 4) is 0 Å². The lowest BCUT2D eigenvalue weighted by Gasteiger charge is -2.30. The van der Waals surface area contributed by atoms with E-state index in [2.05, 4.69) is 0 Å². The maximum absolute atomic E-state index is 13.1. The molecule has 0 spiro atoms. The maximum atomic E-state index is 13.1. The van der Waals surface area contributed by atoms with Crippen LogP contribution >= 0.6 is 0 Å². The van der Waals surface area contributed by atoms with Gasteiger partial charge in [-0.05, 0) is 36.1 Å². The molecule has 0 bridgehead atoms. The summed E-state index contributed by atoms with van der Waals surface area (Å²) in [6.07, 6.45) is 1.01. The van der Waals surface area contributed by atoms with Crippen molar-refractivity contribution >= 4 is 0 Å². The quantitative estimate of drug-likeness (QED) is 0.762. The Morgan fingerprint density at radius 1 is 1.00 bits per heavy atom. The van der Waals surface area contributed by atoms with Gasteiger partial charge in [-0.25, -0.2) is 4.39 Å². The molecule has 2 unspecified atom stereocenters. The first-order valence-electron chi connectivity index (χ1n) is 7.06. The van der Waals surface area contributed by atoms with Crippen molar-refractivity contribution in [3.63, 3.8) is 0 Å². The van der Waals surface area contributed by atoms with Gasteiger partial charge >= 0.3 is 0 Å². The van der Waals surface area contributed by atoms with E-state index >= 15 is 0 Å². The van der Waals surface area contributed by atoms with Crippen LogP contribution in [0.2, 0.25) is 0 Å². The van der Waals surface area contributed by atoms with Crippen LogP contribution in [-0.4, -0.2) is 17.7 Å². The molecule has 21 heavy (non-hydrogen) atoms. The van der Waals surface area contributed by atoms with E-state index in [4.69, 9.17) is 11.5 Å². The van der Waals surface area contributed by atoms with Gasteiger partial charge in [-0.3, -0.25) is 0 Å². The van der Waals surface area contributed by atoms with Crippen LogP contribution in [0.5, 0.6) is 0 Å². The van der Waals surface area contributed by atoms with E-state index in [1.165, 1.54) is 12.1 Å². The molecule has 5 N–H and O–H groups in total. The maximum Gasteiger partial charge on any atom is 0.123 e. The van der Waals surface area contributed by atoms with Crippen LogP contribution in [0.25, 0.3) is 0 Å². The molecule has 112 valence electrons. The summed E-state index contributed by atoms with van der Waals surface area (Å²) in [5.41, 5.74) is 11.6. The van der Waals surface area contributed by atoms with E-state index in [9.17, 15) is 9.50 Å². The highest BCUT2D eigenvalue weighted by Crippen LogP contribution is 2.34. The van der Waals surface area contributed by atoms with Gasteiger partial charge in [0.05, 0.1) is 0 Å². The minimum atomic E-state index is -1.19. The number of rotatable bonds is 6. The van der Waals surface area contributed by atoms with Crippen molar-refractivity contribution in [2.24, 2.45) is 11.5 Å². The zero-order chi connectivity index (χ0) is 15.3. The van der Waals surface area contributed by atoms with Gasteiger partial charge in [0, 0.05) is 12.6 Å². The predicted molar refractivity (Wildman–Crippen MR) is 82.1 cm³/mol. The molecule has 3 nitrogen and oxygen atoms in total. The predicted octanol–water partition coefficient (Wildman–Crippen LogP) is 2.13. The van der Waals surface area contributed by atoms with Crippen LogP contribution in [0.15, 0.2) is 54.6 Å². The molecule has 2 rings (SSSR count). The van der Waals surface area contributed by atoms with Crippen LogP contribution in [0, 0.1) is 5.82 Å². The molecule has 0 aliphatic heterocycles. The highest BCUT2D eigenvalue weighted by atomic mass is 19.1. The summed E-state index contributed by atoms with van der Waals surface area (Å²) < 4.78 is 13.1. The van der Waals surface area contributed by atoms with Gasteiger partial charge in [0.15, 0.2) is 0 Å². The van der Waals surface area contributed by atoms with Crippen LogP contribution < -0.4 is 11.5 Å². The lowest BCUT2D eigenvalue weighted by atomic mass is 9.82. The lowest BCUT2D eigenvalue weighted by molar-refractivity contribution is 0.0667. The summed E-state index contributed by atoms with van der Waals surface area (Å²) >= 11 is 0. The number of aliphatic hydroxyl groups is 1. The Morgan fingerprint density at radius 2 is 1.57 bits per heavy atom. The molecular formula is C17H21FN2O. The van der Waals surface area contributed by atoms with Crippen LogP contribution in [0.4, 0.5) is 4.39 Å². The normalized spacial score (nSPS) is 15.4. The van der Waals surface area contributed by atoms with Gasteiger partial charge in [-0.2, -0.15) is 0 Å². The Labute approximate surface area is 124 Å². The third-order valence-corrected chi connectivity index (χ3v) is 3.75. The highest BCUT2D eigenvalue weighted by Gasteiger charge is 2.31. The number of nitrogens with two attached hydrogens (primary N) is 2. The van der Waals surface area contributed by atoms with Crippen molar-refractivity contribution in [2.45, 2.75) is 24.5 Å². The molecule has 2 atom stereocenters. The summed E-state index contributed by atoms with van der Waals surface area (Å²) in [6.45, 7) is 0.369. The van der Waals surface area contributed by atoms with Crippen LogP contribution in [-0.2, 0) is 5.60 Å². The minimum Gasteiger partial charge on any atom is -0.380 e. The van der Waals surface area contributed by atoms with E-state index in [-0.39, 0.29) is 11.9 Å². The number of halogens is 1. The average Bonchev–Trinajstić information content (AvgIpc) is 2.53. The van der Waals surface area contributed by atoms with Crippen LogP contribution in [0.1, 0.15) is 24.0 Å². The third kappa shape index (κ3) is 3.67. The summed E-state index contributed by atoms with van der Waals surface area (Å²) in [7, 11) is 0. The molecule has 0 saturated heterocycles. The topological polar surface area (TPSA) is 72.3 Å². The molecule has 0 fully saturated rings. The van der Waals surface area contributed by atoms with Gasteiger partial charge in [-0.15, -0.1) is 0 Å². The van der Waals surface area contributed by atoms with E-state index in [0.717, 1.165) is 5.56 Å². The summed E-state index contributed by atoms with van der Waals surface area (Å²) in [6, 6.07) is 15.1. The van der Waals surface area contributed by atoms with Crippen molar-refractivity contribution < 1.29 is 9.50 Å². The van der Waals surface area contributed by atoms with Crippen molar-refractivity contribution in [3.05, 3.63) is 71.5 Å². The molecule has 0 saturated carbocycles. The van der Waals surface area contributed by atoms with Crippen LogP contribution in [0.3, 0.4) is 0 Å². The molecule has 2 aromatic rings. The zero-order valence-corrected chi connectivity index (χ0v) is 11.9. The Kier molecular flexibility index (Phi) is 5.07. The summed E-state index contributed by atoms with van der Waals surface area (Å²) in [5.74, 6) is -0.326. The molecule has 4 heteroatoms. The Bertz CT molecular complexity index is 559. The monoisotopic (exact) mass is 288 g/mol. The Morgan fingerprint density at radius 3 is 2.14 bits per heavy atom. The number of benzene rings is 2. The van der Waals surface area contributed by atoms with E-state index < -0.39 is 5.60 Å². The standard InChI is InChI=1S/C17H21FN2O/c18-15-8-6-14(7-9-15)17(21,11-10-16(20)12-19)13-4-2-1-3-5-13/h1-9,16,21H,10-12,19-20H2. The van der Waals surface area contributed by atoms with Crippen molar-refractivity contribution in [1.29, 1.82) is 0 Å². The number of hydrogen-bond donors (Lipinski definition) is 3. The largest absolute Gasteiger partial charge is 0.380 e. The molecule has 0 radical (unpaired) electrons. The van der Waals surface area contributed by atoms with E-state index in [1.807, 2.05) is 30.3 Å². The second-order valence-corrected chi connectivity index (χ2v) is 5.27. The van der Waals surface area contributed by atoms with Gasteiger partial charge in [0.2, 0.25) is 0 Å². The Balaban J connectivity index is 2.36. The highest BCUT2D eigenvalue weighted by molar-refractivity contribution is 5.36. The van der Waals surface area contributed by atoms with E-state index in [1.54, 1.807) is 12.1 Å². The summed E-state index contributed by atoms with van der Waals surface area (Å²) in [4.78, 5) is 0. The van der Waals surface area contributed by atoms with Crippen molar-refractivity contribution in [2.75, 3.05) is 6.54 Å². The smallest absolute Gasteiger partial charge is 0.123 e. The average molecular weight is 288 g/mol. The molecule has 0 aromatic heterocycles. The van der Waals surface area contributed by atoms with Gasteiger partial charge in [0.1, 0.15) is 11.4 Å². The lowest BCUT2D eigenvalue weighted by Crippen LogP contribution is -2.34. The molecule has 2 aromatic carbocycles. The SMILES string of the molecule is NCC(N)CCC(O)(c1ccccc1)c1ccc(F)cc1. The fourth-order valence-electron chi connectivity index (χ4n) is 2.41. The first-order chi connectivity index (χ1) is 10.1. The second kappa shape index (κ2) is 6.80.